The number of rotatable bonds is 4. The maximum Gasteiger partial charge on any atom is 0.274 e. The summed E-state index contributed by atoms with van der Waals surface area (Å²) in [6, 6.07) is 15.4. The van der Waals surface area contributed by atoms with Crippen LogP contribution in [0.5, 0.6) is 0 Å². The van der Waals surface area contributed by atoms with Gasteiger partial charge < -0.3 is 0 Å². The number of carbonyl (C=O) groups excluding carboxylic acids is 1. The molecule has 1 amide bonds. The number of benzene rings is 2. The molecule has 0 spiro atoms. The number of nitrogens with zero attached hydrogens (tertiary/aromatic N) is 1. The molecule has 0 saturated carbocycles. The fourth-order valence-electron chi connectivity index (χ4n) is 1.95. The van der Waals surface area contributed by atoms with Gasteiger partial charge in [-0.05, 0) is 23.6 Å². The molecule has 0 aromatic heterocycles. The van der Waals surface area contributed by atoms with Gasteiger partial charge in [0.2, 0.25) is 0 Å². The molecule has 0 unspecified atom stereocenters. The van der Waals surface area contributed by atoms with Gasteiger partial charge in [0.15, 0.2) is 0 Å². The lowest BCUT2D eigenvalue weighted by Crippen LogP contribution is -2.23. The minimum absolute atomic E-state index is 0.0163. The second-order valence-electron chi connectivity index (χ2n) is 4.94. The summed E-state index contributed by atoms with van der Waals surface area (Å²) in [5, 5.41) is 4.16. The summed E-state index contributed by atoms with van der Waals surface area (Å²) in [4.78, 5) is 12.0. The number of hydrogen-bond acceptors (Lipinski definition) is 2. The summed E-state index contributed by atoms with van der Waals surface area (Å²) < 4.78 is 13.5. The lowest BCUT2D eigenvalue weighted by Gasteiger charge is -2.10. The number of hydrogen-bond donors (Lipinski definition) is 1. The fraction of sp³-hybridized carbons (Fsp3) is 0.176. The largest absolute Gasteiger partial charge is 0.274 e. The Labute approximate surface area is 123 Å². The van der Waals surface area contributed by atoms with E-state index in [0.29, 0.717) is 0 Å². The van der Waals surface area contributed by atoms with Gasteiger partial charge in [-0.15, -0.1) is 0 Å². The van der Waals surface area contributed by atoms with Gasteiger partial charge in [0.1, 0.15) is 5.82 Å². The highest BCUT2D eigenvalue weighted by Gasteiger charge is 2.12. The molecule has 2 aromatic carbocycles. The van der Waals surface area contributed by atoms with E-state index in [1.54, 1.807) is 12.1 Å². The van der Waals surface area contributed by atoms with Crippen LogP contribution in [0.1, 0.15) is 29.8 Å². The predicted molar refractivity (Wildman–Crippen MR) is 81.7 cm³/mol. The van der Waals surface area contributed by atoms with Crippen molar-refractivity contribution >= 4 is 11.6 Å². The van der Waals surface area contributed by atoms with Gasteiger partial charge in [0.25, 0.3) is 5.91 Å². The summed E-state index contributed by atoms with van der Waals surface area (Å²) >= 11 is 0. The second-order valence-corrected chi connectivity index (χ2v) is 4.94. The number of nitrogens with one attached hydrogen (secondary N) is 1. The van der Waals surface area contributed by atoms with Crippen molar-refractivity contribution < 1.29 is 9.18 Å². The topological polar surface area (TPSA) is 41.5 Å². The normalized spacial score (nSPS) is 11.5. The maximum absolute atomic E-state index is 13.5. The molecule has 0 aliphatic carbocycles. The minimum Gasteiger partial charge on any atom is -0.267 e. The summed E-state index contributed by atoms with van der Waals surface area (Å²) in [7, 11) is 0. The Morgan fingerprint density at radius 2 is 1.67 bits per heavy atom. The average Bonchev–Trinajstić information content (AvgIpc) is 2.48. The molecule has 0 fully saturated rings. The van der Waals surface area contributed by atoms with Crippen LogP contribution in [0.25, 0.3) is 0 Å². The van der Waals surface area contributed by atoms with Gasteiger partial charge in [-0.1, -0.05) is 56.3 Å². The fourth-order valence-corrected chi connectivity index (χ4v) is 1.95. The van der Waals surface area contributed by atoms with E-state index in [1.165, 1.54) is 12.1 Å². The highest BCUT2D eigenvalue weighted by molar-refractivity contribution is 6.03. The van der Waals surface area contributed by atoms with Gasteiger partial charge in [-0.25, -0.2) is 9.82 Å². The Kier molecular flexibility index (Phi) is 4.82. The van der Waals surface area contributed by atoms with E-state index in [9.17, 15) is 9.18 Å². The van der Waals surface area contributed by atoms with E-state index in [4.69, 9.17) is 0 Å². The zero-order valence-corrected chi connectivity index (χ0v) is 12.0. The van der Waals surface area contributed by atoms with Crippen LogP contribution >= 0.6 is 0 Å². The lowest BCUT2D eigenvalue weighted by molar-refractivity contribution is 0.0950. The quantitative estimate of drug-likeness (QED) is 0.676. The maximum atomic E-state index is 13.5. The third kappa shape index (κ3) is 3.75. The Morgan fingerprint density at radius 3 is 2.29 bits per heavy atom. The van der Waals surface area contributed by atoms with Crippen molar-refractivity contribution in [2.75, 3.05) is 0 Å². The Balaban J connectivity index is 2.22. The molecule has 0 bridgehead atoms. The Morgan fingerprint density at radius 1 is 1.05 bits per heavy atom. The second kappa shape index (κ2) is 6.79. The first-order valence-corrected chi connectivity index (χ1v) is 6.77. The molecular weight excluding hydrogens is 267 g/mol. The van der Waals surface area contributed by atoms with E-state index in [1.807, 2.05) is 44.2 Å². The van der Waals surface area contributed by atoms with Crippen LogP contribution in [-0.4, -0.2) is 11.6 Å². The standard InChI is InChI=1S/C17H17FN2O/c1-12(2)16(13-8-4-3-5-9-13)19-20-17(21)14-10-6-7-11-15(14)18/h3-12H,1-2H3,(H,20,21)/b19-16+. The highest BCUT2D eigenvalue weighted by atomic mass is 19.1. The molecule has 21 heavy (non-hydrogen) atoms. The SMILES string of the molecule is CC(C)/C(=N\NC(=O)c1ccccc1F)c1ccccc1. The molecule has 0 saturated heterocycles. The Bertz CT molecular complexity index is 651. The average molecular weight is 284 g/mol. The van der Waals surface area contributed by atoms with Crippen molar-refractivity contribution in [1.29, 1.82) is 0 Å². The first-order chi connectivity index (χ1) is 10.1. The number of carbonyl (C=O) groups is 1. The van der Waals surface area contributed by atoms with Crippen molar-refractivity contribution in [2.24, 2.45) is 11.0 Å². The van der Waals surface area contributed by atoms with E-state index in [-0.39, 0.29) is 11.5 Å². The number of halogens is 1. The van der Waals surface area contributed by atoms with Crippen molar-refractivity contribution in [3.8, 4) is 0 Å². The summed E-state index contributed by atoms with van der Waals surface area (Å²) in [5.41, 5.74) is 4.09. The van der Waals surface area contributed by atoms with Crippen LogP contribution in [-0.2, 0) is 0 Å². The van der Waals surface area contributed by atoms with Crippen LogP contribution in [0, 0.1) is 11.7 Å². The predicted octanol–water partition coefficient (Wildman–Crippen LogP) is 3.62. The van der Waals surface area contributed by atoms with Gasteiger partial charge in [0.05, 0.1) is 11.3 Å². The summed E-state index contributed by atoms with van der Waals surface area (Å²) in [5.74, 6) is -0.980. The van der Waals surface area contributed by atoms with Crippen LogP contribution in [0.2, 0.25) is 0 Å². The molecule has 1 N–H and O–H groups in total. The van der Waals surface area contributed by atoms with Crippen molar-refractivity contribution in [2.45, 2.75) is 13.8 Å². The Hall–Kier alpha value is -2.49. The molecule has 2 rings (SSSR count). The van der Waals surface area contributed by atoms with Gasteiger partial charge >= 0.3 is 0 Å². The molecule has 108 valence electrons. The van der Waals surface area contributed by atoms with Gasteiger partial charge in [-0.3, -0.25) is 4.79 Å². The minimum atomic E-state index is -0.559. The number of amides is 1. The van der Waals surface area contributed by atoms with Gasteiger partial charge in [-0.2, -0.15) is 5.10 Å². The first-order valence-electron chi connectivity index (χ1n) is 6.77. The summed E-state index contributed by atoms with van der Waals surface area (Å²) in [6.07, 6.45) is 0. The van der Waals surface area contributed by atoms with E-state index in [0.717, 1.165) is 11.3 Å². The van der Waals surface area contributed by atoms with Crippen LogP contribution < -0.4 is 5.43 Å². The zero-order valence-electron chi connectivity index (χ0n) is 12.0. The van der Waals surface area contributed by atoms with E-state index < -0.39 is 11.7 Å². The number of hydrazone groups is 1. The molecule has 3 nitrogen and oxygen atoms in total. The molecule has 2 aromatic rings. The third-order valence-corrected chi connectivity index (χ3v) is 3.01. The first kappa shape index (κ1) is 14.9. The smallest absolute Gasteiger partial charge is 0.267 e. The molecule has 4 heteroatoms. The molecule has 0 radical (unpaired) electrons. The monoisotopic (exact) mass is 284 g/mol. The summed E-state index contributed by atoms with van der Waals surface area (Å²) in [6.45, 7) is 3.97. The van der Waals surface area contributed by atoms with Crippen LogP contribution in [0.3, 0.4) is 0 Å². The van der Waals surface area contributed by atoms with Crippen molar-refractivity contribution in [1.82, 2.24) is 5.43 Å². The van der Waals surface area contributed by atoms with Gasteiger partial charge in [0, 0.05) is 0 Å². The van der Waals surface area contributed by atoms with E-state index in [2.05, 4.69) is 10.5 Å². The molecule has 0 aliphatic rings. The lowest BCUT2D eigenvalue weighted by atomic mass is 10.0. The zero-order chi connectivity index (χ0) is 15.2. The highest BCUT2D eigenvalue weighted by Crippen LogP contribution is 2.10. The molecule has 0 atom stereocenters. The van der Waals surface area contributed by atoms with Crippen LogP contribution in [0.4, 0.5) is 4.39 Å². The van der Waals surface area contributed by atoms with E-state index >= 15 is 0 Å². The third-order valence-electron chi connectivity index (χ3n) is 3.01. The van der Waals surface area contributed by atoms with Crippen molar-refractivity contribution in [3.63, 3.8) is 0 Å². The van der Waals surface area contributed by atoms with Crippen molar-refractivity contribution in [3.05, 3.63) is 71.5 Å². The van der Waals surface area contributed by atoms with Crippen LogP contribution in [0.15, 0.2) is 59.7 Å². The molecule has 0 heterocycles. The molecule has 0 aliphatic heterocycles. The molecular formula is C17H17FN2O.